The highest BCUT2D eigenvalue weighted by molar-refractivity contribution is 5.25. The second-order valence-electron chi connectivity index (χ2n) is 5.13. The predicted octanol–water partition coefficient (Wildman–Crippen LogP) is 2.99. The van der Waals surface area contributed by atoms with E-state index in [1.54, 1.807) is 13.0 Å². The minimum Gasteiger partial charge on any atom is -0.365 e. The highest BCUT2D eigenvalue weighted by Gasteiger charge is 2.64. The molecule has 0 unspecified atom stereocenters. The molecule has 1 aromatic carbocycles. The van der Waals surface area contributed by atoms with E-state index < -0.39 is 17.1 Å². The summed E-state index contributed by atoms with van der Waals surface area (Å²) in [6.45, 7) is 7.51. The van der Waals surface area contributed by atoms with E-state index in [9.17, 15) is 10.1 Å². The van der Waals surface area contributed by atoms with Crippen LogP contribution in [0.1, 0.15) is 25.5 Å². The van der Waals surface area contributed by atoms with Crippen LogP contribution in [-0.4, -0.2) is 17.1 Å². The maximum absolute atomic E-state index is 11.6. The minimum atomic E-state index is -1.20. The largest absolute Gasteiger partial charge is 0.365 e. The fourth-order valence-electron chi connectivity index (χ4n) is 2.48. The van der Waals surface area contributed by atoms with Crippen molar-refractivity contribution in [1.82, 2.24) is 0 Å². The zero-order valence-corrected chi connectivity index (χ0v) is 10.6. The number of nitrogens with zero attached hydrogens (tertiary/aromatic N) is 1. The van der Waals surface area contributed by atoms with Crippen LogP contribution in [0.5, 0.6) is 0 Å². The highest BCUT2D eigenvalue weighted by Crippen LogP contribution is 2.51. The number of benzene rings is 1. The molecule has 1 saturated heterocycles. The maximum Gasteiger partial charge on any atom is 0.260 e. The van der Waals surface area contributed by atoms with Gasteiger partial charge in [-0.3, -0.25) is 10.1 Å². The van der Waals surface area contributed by atoms with Crippen molar-refractivity contribution >= 4 is 0 Å². The number of hydrogen-bond acceptors (Lipinski definition) is 3. The monoisotopic (exact) mass is 247 g/mol. The molecule has 2 rings (SSSR count). The lowest BCUT2D eigenvalue weighted by Gasteiger charge is -2.32. The Morgan fingerprint density at radius 1 is 1.44 bits per heavy atom. The molecule has 4 heteroatoms. The third-order valence-electron chi connectivity index (χ3n) is 4.15. The van der Waals surface area contributed by atoms with Gasteiger partial charge in [0.2, 0.25) is 0 Å². The van der Waals surface area contributed by atoms with Gasteiger partial charge in [0.1, 0.15) is 0 Å². The van der Waals surface area contributed by atoms with Crippen LogP contribution >= 0.6 is 0 Å². The number of hydrogen-bond donors (Lipinski definition) is 0. The van der Waals surface area contributed by atoms with Crippen LogP contribution in [-0.2, 0) is 4.74 Å². The summed E-state index contributed by atoms with van der Waals surface area (Å²) in [6.07, 6.45) is 1.09. The first-order chi connectivity index (χ1) is 8.45. The van der Waals surface area contributed by atoms with Gasteiger partial charge in [0.05, 0.1) is 12.0 Å². The molecule has 1 fully saturated rings. The lowest BCUT2D eigenvalue weighted by molar-refractivity contribution is -0.586. The summed E-state index contributed by atoms with van der Waals surface area (Å²) in [5, 5.41) is 11.6. The van der Waals surface area contributed by atoms with E-state index in [4.69, 9.17) is 4.74 Å². The Morgan fingerprint density at radius 2 is 2.06 bits per heavy atom. The highest BCUT2D eigenvalue weighted by atomic mass is 16.6. The molecule has 1 aliphatic heterocycles. The van der Waals surface area contributed by atoms with Crippen LogP contribution in [0, 0.1) is 15.5 Å². The molecule has 0 bridgehead atoms. The summed E-state index contributed by atoms with van der Waals surface area (Å²) in [6, 6.07) is 9.34. The molecule has 18 heavy (non-hydrogen) atoms. The summed E-state index contributed by atoms with van der Waals surface area (Å²) in [7, 11) is 0. The van der Waals surface area contributed by atoms with Gasteiger partial charge in [-0.25, -0.2) is 0 Å². The van der Waals surface area contributed by atoms with Crippen molar-refractivity contribution in [3.8, 4) is 0 Å². The Kier molecular flexibility index (Phi) is 2.99. The summed E-state index contributed by atoms with van der Waals surface area (Å²) >= 11 is 0. The van der Waals surface area contributed by atoms with Crippen molar-refractivity contribution < 1.29 is 9.66 Å². The van der Waals surface area contributed by atoms with Crippen molar-refractivity contribution in [2.75, 3.05) is 6.61 Å². The predicted molar refractivity (Wildman–Crippen MR) is 68.8 cm³/mol. The van der Waals surface area contributed by atoms with Crippen molar-refractivity contribution in [1.29, 1.82) is 0 Å². The smallest absolute Gasteiger partial charge is 0.260 e. The fraction of sp³-hybridized carbons (Fsp3) is 0.429. The number of rotatable bonds is 3. The molecule has 0 amide bonds. The first kappa shape index (κ1) is 12.8. The van der Waals surface area contributed by atoms with Gasteiger partial charge in [-0.15, -0.1) is 6.58 Å². The molecule has 0 saturated carbocycles. The normalized spacial score (nSPS) is 35.3. The standard InChI is InChI=1S/C14H17NO3/c1-4-13(2)10-18-12(14(13,3)15(16)17)11-8-6-5-7-9-11/h4-9,12H,1,10H2,2-3H3/t12-,13+,14-/m1/s1. The minimum absolute atomic E-state index is 0.237. The number of ether oxygens (including phenoxy) is 1. The van der Waals surface area contributed by atoms with Crippen LogP contribution in [0.4, 0.5) is 0 Å². The van der Waals surface area contributed by atoms with Crippen molar-refractivity contribution in [2.45, 2.75) is 25.5 Å². The summed E-state index contributed by atoms with van der Waals surface area (Å²) in [5.74, 6) is 0. The molecule has 0 N–H and O–H groups in total. The molecule has 4 nitrogen and oxygen atoms in total. The second kappa shape index (κ2) is 4.21. The molecular weight excluding hydrogens is 230 g/mol. The molecule has 0 aliphatic carbocycles. The molecule has 96 valence electrons. The lowest BCUT2D eigenvalue weighted by Crippen LogP contribution is -2.49. The summed E-state index contributed by atoms with van der Waals surface area (Å²) in [4.78, 5) is 11.3. The van der Waals surface area contributed by atoms with Gasteiger partial charge in [-0.05, 0) is 12.5 Å². The quantitative estimate of drug-likeness (QED) is 0.468. The Bertz CT molecular complexity index is 473. The van der Waals surface area contributed by atoms with Gasteiger partial charge >= 0.3 is 0 Å². The molecular formula is C14H17NO3. The van der Waals surface area contributed by atoms with E-state index in [0.717, 1.165) is 5.56 Å². The zero-order valence-electron chi connectivity index (χ0n) is 10.6. The van der Waals surface area contributed by atoms with E-state index in [2.05, 4.69) is 6.58 Å². The van der Waals surface area contributed by atoms with Crippen LogP contribution in [0.3, 0.4) is 0 Å². The first-order valence-electron chi connectivity index (χ1n) is 5.90. The average Bonchev–Trinajstić information content (AvgIpc) is 2.65. The van der Waals surface area contributed by atoms with E-state index in [1.165, 1.54) is 0 Å². The van der Waals surface area contributed by atoms with Gasteiger partial charge in [0.25, 0.3) is 5.54 Å². The molecule has 1 aromatic rings. The van der Waals surface area contributed by atoms with E-state index >= 15 is 0 Å². The second-order valence-corrected chi connectivity index (χ2v) is 5.13. The molecule has 1 heterocycles. The zero-order chi connectivity index (χ0) is 13.4. The molecule has 0 spiro atoms. The Balaban J connectivity index is 2.51. The van der Waals surface area contributed by atoms with Crippen LogP contribution in [0.15, 0.2) is 43.0 Å². The maximum atomic E-state index is 11.6. The van der Waals surface area contributed by atoms with Crippen molar-refractivity contribution in [2.24, 2.45) is 5.41 Å². The van der Waals surface area contributed by atoms with Gasteiger partial charge < -0.3 is 4.74 Å². The lowest BCUT2D eigenvalue weighted by atomic mass is 9.70. The van der Waals surface area contributed by atoms with Crippen molar-refractivity contribution in [3.05, 3.63) is 58.7 Å². The Labute approximate surface area is 106 Å². The summed E-state index contributed by atoms with van der Waals surface area (Å²) < 4.78 is 5.71. The third kappa shape index (κ3) is 1.56. The van der Waals surface area contributed by atoms with Gasteiger partial charge in [-0.2, -0.15) is 0 Å². The van der Waals surface area contributed by atoms with Crippen LogP contribution < -0.4 is 0 Å². The molecule has 1 aliphatic rings. The fourth-order valence-corrected chi connectivity index (χ4v) is 2.48. The van der Waals surface area contributed by atoms with Gasteiger partial charge in [-0.1, -0.05) is 36.4 Å². The topological polar surface area (TPSA) is 52.4 Å². The first-order valence-corrected chi connectivity index (χ1v) is 5.90. The van der Waals surface area contributed by atoms with Crippen molar-refractivity contribution in [3.63, 3.8) is 0 Å². The summed E-state index contributed by atoms with van der Waals surface area (Å²) in [5.41, 5.74) is -1.03. The molecule has 0 aromatic heterocycles. The average molecular weight is 247 g/mol. The van der Waals surface area contributed by atoms with Gasteiger partial charge in [0.15, 0.2) is 6.10 Å². The van der Waals surface area contributed by atoms with Gasteiger partial charge in [0, 0.05) is 11.8 Å². The van der Waals surface area contributed by atoms with E-state index in [0.29, 0.717) is 6.61 Å². The SMILES string of the molecule is C=C[C@@]1(C)CO[C@H](c2ccccc2)[C@@]1(C)[N+](=O)[O-]. The molecule has 0 radical (unpaired) electrons. The Morgan fingerprint density at radius 3 is 2.56 bits per heavy atom. The third-order valence-corrected chi connectivity index (χ3v) is 4.15. The van der Waals surface area contributed by atoms with E-state index in [-0.39, 0.29) is 4.92 Å². The van der Waals surface area contributed by atoms with Crippen LogP contribution in [0.2, 0.25) is 0 Å². The van der Waals surface area contributed by atoms with E-state index in [1.807, 2.05) is 37.3 Å². The Hall–Kier alpha value is -1.68. The van der Waals surface area contributed by atoms with Crippen LogP contribution in [0.25, 0.3) is 0 Å². The molecule has 3 atom stereocenters. The number of nitro groups is 1.